The smallest absolute Gasteiger partial charge is 0.126 e. The lowest BCUT2D eigenvalue weighted by molar-refractivity contribution is 0.608. The highest BCUT2D eigenvalue weighted by atomic mass is 35.5. The molecule has 0 unspecified atom stereocenters. The first-order chi connectivity index (χ1) is 8.54. The van der Waals surface area contributed by atoms with Crippen LogP contribution in [0.4, 0.5) is 4.39 Å². The van der Waals surface area contributed by atoms with Gasteiger partial charge in [0, 0.05) is 5.02 Å². The third-order valence-electron chi connectivity index (χ3n) is 2.99. The van der Waals surface area contributed by atoms with E-state index in [4.69, 9.17) is 11.6 Å². The van der Waals surface area contributed by atoms with Crippen molar-refractivity contribution in [1.29, 1.82) is 0 Å². The maximum Gasteiger partial charge on any atom is 0.126 e. The van der Waals surface area contributed by atoms with Crippen molar-refractivity contribution in [2.24, 2.45) is 0 Å². The Morgan fingerprint density at radius 3 is 2.44 bits per heavy atom. The molecule has 0 aliphatic heterocycles. The van der Waals surface area contributed by atoms with Crippen molar-refractivity contribution in [3.63, 3.8) is 0 Å². The van der Waals surface area contributed by atoms with Crippen LogP contribution in [-0.2, 0) is 12.8 Å². The van der Waals surface area contributed by atoms with E-state index < -0.39 is 0 Å². The predicted octanol–water partition coefficient (Wildman–Crippen LogP) is 4.88. The maximum absolute atomic E-state index is 13.6. The quantitative estimate of drug-likeness (QED) is 0.739. The number of rotatable bonds is 3. The second-order valence-electron chi connectivity index (χ2n) is 4.73. The summed E-state index contributed by atoms with van der Waals surface area (Å²) >= 11 is 6.01. The van der Waals surface area contributed by atoms with Crippen LogP contribution < -0.4 is 0 Å². The second-order valence-corrected chi connectivity index (χ2v) is 5.17. The van der Waals surface area contributed by atoms with Crippen molar-refractivity contribution >= 4 is 11.6 Å². The van der Waals surface area contributed by atoms with Crippen LogP contribution >= 0.6 is 11.6 Å². The Kier molecular flexibility index (Phi) is 4.03. The van der Waals surface area contributed by atoms with Gasteiger partial charge in [-0.2, -0.15) is 0 Å². The van der Waals surface area contributed by atoms with E-state index in [1.807, 2.05) is 32.0 Å². The summed E-state index contributed by atoms with van der Waals surface area (Å²) in [6, 6.07) is 11.2. The highest BCUT2D eigenvalue weighted by Gasteiger charge is 2.04. The number of aryl methyl sites for hydroxylation is 4. The lowest BCUT2D eigenvalue weighted by Gasteiger charge is -2.06. The summed E-state index contributed by atoms with van der Waals surface area (Å²) in [4.78, 5) is 0. The van der Waals surface area contributed by atoms with Gasteiger partial charge in [0.15, 0.2) is 0 Å². The Labute approximate surface area is 112 Å². The van der Waals surface area contributed by atoms with Crippen LogP contribution in [0.15, 0.2) is 36.4 Å². The van der Waals surface area contributed by atoms with E-state index >= 15 is 0 Å². The summed E-state index contributed by atoms with van der Waals surface area (Å²) in [5, 5.41) is 0.745. The Morgan fingerprint density at radius 2 is 1.72 bits per heavy atom. The highest BCUT2D eigenvalue weighted by Crippen LogP contribution is 2.18. The lowest BCUT2D eigenvalue weighted by Crippen LogP contribution is -1.96. The molecular formula is C16H16ClF. The van der Waals surface area contributed by atoms with Crippen LogP contribution in [0.3, 0.4) is 0 Å². The fraction of sp³-hybridized carbons (Fsp3) is 0.250. The molecule has 0 bridgehead atoms. The van der Waals surface area contributed by atoms with Gasteiger partial charge in [-0.1, -0.05) is 35.4 Å². The molecule has 0 aliphatic rings. The summed E-state index contributed by atoms with van der Waals surface area (Å²) in [5.41, 5.74) is 4.16. The first kappa shape index (κ1) is 13.1. The molecule has 0 N–H and O–H groups in total. The van der Waals surface area contributed by atoms with Crippen molar-refractivity contribution in [3.8, 4) is 0 Å². The molecule has 18 heavy (non-hydrogen) atoms. The molecule has 94 valence electrons. The SMILES string of the molecule is Cc1cc(Cl)cc(CCc2cc(C)ccc2F)c1. The minimum Gasteiger partial charge on any atom is -0.207 e. The lowest BCUT2D eigenvalue weighted by atomic mass is 10.0. The van der Waals surface area contributed by atoms with E-state index in [1.54, 1.807) is 6.07 Å². The molecule has 0 fully saturated rings. The van der Waals surface area contributed by atoms with Gasteiger partial charge < -0.3 is 0 Å². The van der Waals surface area contributed by atoms with Gasteiger partial charge in [-0.15, -0.1) is 0 Å². The van der Waals surface area contributed by atoms with Gasteiger partial charge in [0.1, 0.15) is 5.82 Å². The summed E-state index contributed by atoms with van der Waals surface area (Å²) in [5.74, 6) is -0.126. The first-order valence-electron chi connectivity index (χ1n) is 6.06. The largest absolute Gasteiger partial charge is 0.207 e. The van der Waals surface area contributed by atoms with E-state index in [0.717, 1.165) is 33.7 Å². The Morgan fingerprint density at radius 1 is 0.944 bits per heavy atom. The van der Waals surface area contributed by atoms with Crippen LogP contribution in [0, 0.1) is 19.7 Å². The van der Waals surface area contributed by atoms with Crippen molar-refractivity contribution < 1.29 is 4.39 Å². The zero-order valence-electron chi connectivity index (χ0n) is 10.6. The molecule has 0 atom stereocenters. The van der Waals surface area contributed by atoms with Crippen LogP contribution in [-0.4, -0.2) is 0 Å². The topological polar surface area (TPSA) is 0 Å². The molecule has 0 aromatic heterocycles. The molecule has 0 spiro atoms. The Balaban J connectivity index is 2.13. The van der Waals surface area contributed by atoms with Gasteiger partial charge in [-0.3, -0.25) is 0 Å². The summed E-state index contributed by atoms with van der Waals surface area (Å²) < 4.78 is 13.6. The van der Waals surface area contributed by atoms with Gasteiger partial charge in [0.25, 0.3) is 0 Å². The Hall–Kier alpha value is -1.34. The zero-order chi connectivity index (χ0) is 13.1. The fourth-order valence-corrected chi connectivity index (χ4v) is 2.44. The third-order valence-corrected chi connectivity index (χ3v) is 3.20. The predicted molar refractivity (Wildman–Crippen MR) is 74.7 cm³/mol. The van der Waals surface area contributed by atoms with Crippen molar-refractivity contribution in [1.82, 2.24) is 0 Å². The third kappa shape index (κ3) is 3.33. The van der Waals surface area contributed by atoms with E-state index in [-0.39, 0.29) is 5.82 Å². The molecule has 0 nitrogen and oxygen atoms in total. The molecule has 2 aromatic rings. The van der Waals surface area contributed by atoms with E-state index in [9.17, 15) is 4.39 Å². The number of benzene rings is 2. The zero-order valence-corrected chi connectivity index (χ0v) is 11.4. The minimum absolute atomic E-state index is 0.126. The van der Waals surface area contributed by atoms with Crippen LogP contribution in [0.2, 0.25) is 5.02 Å². The van der Waals surface area contributed by atoms with E-state index in [1.165, 1.54) is 6.07 Å². The first-order valence-corrected chi connectivity index (χ1v) is 6.43. The highest BCUT2D eigenvalue weighted by molar-refractivity contribution is 6.30. The molecule has 0 saturated heterocycles. The molecule has 0 radical (unpaired) electrons. The number of hydrogen-bond acceptors (Lipinski definition) is 0. The van der Waals surface area contributed by atoms with Crippen LogP contribution in [0.5, 0.6) is 0 Å². The second kappa shape index (κ2) is 5.53. The van der Waals surface area contributed by atoms with Crippen molar-refractivity contribution in [2.75, 3.05) is 0 Å². The van der Waals surface area contributed by atoms with E-state index in [0.29, 0.717) is 6.42 Å². The van der Waals surface area contributed by atoms with E-state index in [2.05, 4.69) is 6.07 Å². The monoisotopic (exact) mass is 262 g/mol. The normalized spacial score (nSPS) is 10.7. The van der Waals surface area contributed by atoms with Gasteiger partial charge in [-0.05, 0) is 61.6 Å². The van der Waals surface area contributed by atoms with Crippen molar-refractivity contribution in [2.45, 2.75) is 26.7 Å². The summed E-state index contributed by atoms with van der Waals surface area (Å²) in [7, 11) is 0. The van der Waals surface area contributed by atoms with Crippen LogP contribution in [0.1, 0.15) is 22.3 Å². The molecule has 2 rings (SSSR count). The molecule has 2 heteroatoms. The molecule has 0 amide bonds. The van der Waals surface area contributed by atoms with Gasteiger partial charge in [-0.25, -0.2) is 4.39 Å². The minimum atomic E-state index is -0.126. The van der Waals surface area contributed by atoms with Gasteiger partial charge >= 0.3 is 0 Å². The number of hydrogen-bond donors (Lipinski definition) is 0. The fourth-order valence-electron chi connectivity index (χ4n) is 2.13. The molecule has 2 aromatic carbocycles. The average molecular weight is 263 g/mol. The summed E-state index contributed by atoms with van der Waals surface area (Å²) in [6.07, 6.45) is 1.51. The maximum atomic E-state index is 13.6. The molecule has 0 aliphatic carbocycles. The Bertz CT molecular complexity index is 541. The van der Waals surface area contributed by atoms with Crippen LogP contribution in [0.25, 0.3) is 0 Å². The van der Waals surface area contributed by atoms with Crippen molar-refractivity contribution in [3.05, 3.63) is 69.5 Å². The average Bonchev–Trinajstić information content (AvgIpc) is 2.29. The van der Waals surface area contributed by atoms with Gasteiger partial charge in [0.2, 0.25) is 0 Å². The summed E-state index contributed by atoms with van der Waals surface area (Å²) in [6.45, 7) is 4.00. The number of halogens is 2. The van der Waals surface area contributed by atoms with Gasteiger partial charge in [0.05, 0.1) is 0 Å². The molecule has 0 saturated carbocycles. The standard InChI is InChI=1S/C16H16ClF/c1-11-3-6-16(18)14(8-11)5-4-13-7-12(2)9-15(17)10-13/h3,6-10H,4-5H2,1-2H3. The molecular weight excluding hydrogens is 247 g/mol. The molecule has 0 heterocycles.